The molecule has 1 aromatic carbocycles. The summed E-state index contributed by atoms with van der Waals surface area (Å²) in [6.07, 6.45) is 1.80. The Balaban J connectivity index is 2.04. The second kappa shape index (κ2) is 13.7. The lowest BCUT2D eigenvalue weighted by Crippen LogP contribution is -2.56. The molecule has 0 unspecified atom stereocenters. The van der Waals surface area contributed by atoms with Gasteiger partial charge in [-0.1, -0.05) is 6.92 Å². The van der Waals surface area contributed by atoms with Crippen LogP contribution >= 0.6 is 22.6 Å². The number of methoxy groups -OCH3 is 1. The number of benzene rings is 1. The van der Waals surface area contributed by atoms with E-state index in [1.807, 2.05) is 22.6 Å². The van der Waals surface area contributed by atoms with Crippen molar-refractivity contribution in [3.63, 3.8) is 0 Å². The van der Waals surface area contributed by atoms with E-state index < -0.39 is 35.8 Å². The number of ether oxygens (including phenoxy) is 2. The molecule has 4 N–H and O–H groups in total. The fourth-order valence-electron chi connectivity index (χ4n) is 4.12. The van der Waals surface area contributed by atoms with E-state index in [2.05, 4.69) is 5.32 Å². The van der Waals surface area contributed by atoms with Gasteiger partial charge in [0.25, 0.3) is 5.91 Å². The lowest BCUT2D eigenvalue weighted by atomic mass is 9.87. The second-order valence-corrected chi connectivity index (χ2v) is 9.79. The summed E-state index contributed by atoms with van der Waals surface area (Å²) in [5.74, 6) is -1.36. The lowest BCUT2D eigenvalue weighted by molar-refractivity contribution is -0.149. The maximum atomic E-state index is 13.2. The summed E-state index contributed by atoms with van der Waals surface area (Å²) in [4.78, 5) is 39.8. The normalized spacial score (nSPS) is 18.9. The Morgan fingerprint density at radius 3 is 2.61 bits per heavy atom. The fraction of sp³-hybridized carbons (Fsp3) is 0.423. The first-order valence-corrected chi connectivity index (χ1v) is 13.1. The van der Waals surface area contributed by atoms with Gasteiger partial charge in [-0.15, -0.1) is 0 Å². The third-order valence-electron chi connectivity index (χ3n) is 6.09. The summed E-state index contributed by atoms with van der Waals surface area (Å²) < 4.78 is 17.3. The van der Waals surface area contributed by atoms with Gasteiger partial charge >= 0.3 is 0 Å². The summed E-state index contributed by atoms with van der Waals surface area (Å²) in [6.45, 7) is 1.06. The van der Waals surface area contributed by atoms with Crippen LogP contribution in [0.25, 0.3) is 0 Å². The van der Waals surface area contributed by atoms with Crippen molar-refractivity contribution in [2.45, 2.75) is 51.2 Å². The van der Waals surface area contributed by atoms with Crippen LogP contribution in [0.2, 0.25) is 0 Å². The molecule has 1 heterocycles. The van der Waals surface area contributed by atoms with E-state index in [1.165, 1.54) is 30.6 Å². The summed E-state index contributed by atoms with van der Waals surface area (Å²) in [7, 11) is 1.44. The van der Waals surface area contributed by atoms with Gasteiger partial charge in [-0.05, 0) is 52.4 Å². The van der Waals surface area contributed by atoms with Crippen molar-refractivity contribution >= 4 is 40.2 Å². The number of furan rings is 1. The number of carbonyl (C=O) groups excluding carboxylic acids is 3. The molecule has 12 heteroatoms. The Morgan fingerprint density at radius 2 is 2.00 bits per heavy atom. The van der Waals surface area contributed by atoms with Gasteiger partial charge in [-0.2, -0.15) is 0 Å². The lowest BCUT2D eigenvalue weighted by Gasteiger charge is -2.40. The van der Waals surface area contributed by atoms with E-state index in [1.54, 1.807) is 25.1 Å². The highest BCUT2D eigenvalue weighted by Crippen LogP contribution is 2.37. The van der Waals surface area contributed by atoms with Crippen molar-refractivity contribution in [2.75, 3.05) is 20.3 Å². The van der Waals surface area contributed by atoms with Crippen molar-refractivity contribution in [3.8, 4) is 11.5 Å². The zero-order valence-electron chi connectivity index (χ0n) is 21.1. The number of hydrogen-bond acceptors (Lipinski definition) is 9. The number of nitrogens with one attached hydrogen (secondary N) is 1. The van der Waals surface area contributed by atoms with E-state index >= 15 is 0 Å². The Morgan fingerprint density at radius 1 is 1.24 bits per heavy atom. The van der Waals surface area contributed by atoms with E-state index in [4.69, 9.17) is 19.0 Å². The minimum atomic E-state index is -1.33. The average molecular weight is 642 g/mol. The quantitative estimate of drug-likeness (QED) is 0.198. The van der Waals surface area contributed by atoms with Crippen molar-refractivity contribution in [1.82, 2.24) is 10.2 Å². The molecule has 0 fully saturated rings. The standard InChI is InChI=1S/C26H31IN2O9/c1-3-20(32)26(35)29(12-15-4-7-37-14-15)19-10-17(25(34)28-5-6-30)11-21(23(19)33)38-24-18(27)8-16(13-31)9-22(24)36-2/h4,7-9,11,14,19,21,23,30-31,33H,3,5-6,10,12-13H2,1-2H3,(H,28,34)/t19-,21+,23+/m1/s1. The van der Waals surface area contributed by atoms with E-state index in [0.29, 0.717) is 20.4 Å². The number of nitrogens with zero attached hydrogens (tertiary/aromatic N) is 1. The maximum absolute atomic E-state index is 13.2. The zero-order chi connectivity index (χ0) is 27.8. The average Bonchev–Trinajstić information content (AvgIpc) is 3.44. The molecule has 0 radical (unpaired) electrons. The molecular weight excluding hydrogens is 611 g/mol. The molecule has 1 aliphatic carbocycles. The summed E-state index contributed by atoms with van der Waals surface area (Å²) in [6, 6.07) is 3.93. The topological polar surface area (TPSA) is 159 Å². The van der Waals surface area contributed by atoms with Gasteiger partial charge in [-0.3, -0.25) is 14.4 Å². The highest BCUT2D eigenvalue weighted by molar-refractivity contribution is 14.1. The number of hydrogen-bond donors (Lipinski definition) is 4. The molecule has 0 saturated carbocycles. The Labute approximate surface area is 233 Å². The molecule has 11 nitrogen and oxygen atoms in total. The molecule has 2 amide bonds. The molecule has 1 aliphatic rings. The van der Waals surface area contributed by atoms with Crippen LogP contribution in [0.4, 0.5) is 0 Å². The van der Waals surface area contributed by atoms with Crippen LogP contribution in [-0.4, -0.2) is 76.3 Å². The summed E-state index contributed by atoms with van der Waals surface area (Å²) in [5.41, 5.74) is 1.41. The molecular formula is C26H31IN2O9. The summed E-state index contributed by atoms with van der Waals surface area (Å²) in [5, 5.41) is 32.7. The van der Waals surface area contributed by atoms with Crippen molar-refractivity contribution in [3.05, 3.63) is 57.1 Å². The van der Waals surface area contributed by atoms with Gasteiger partial charge < -0.3 is 39.4 Å². The molecule has 38 heavy (non-hydrogen) atoms. The third kappa shape index (κ3) is 6.92. The first-order valence-electron chi connectivity index (χ1n) is 12.0. The predicted molar refractivity (Wildman–Crippen MR) is 143 cm³/mol. The first-order chi connectivity index (χ1) is 18.2. The van der Waals surface area contributed by atoms with E-state index in [-0.39, 0.29) is 50.5 Å². The zero-order valence-corrected chi connectivity index (χ0v) is 23.2. The SMILES string of the molecule is CCC(=O)C(=O)N(Cc1ccoc1)[C@@H]1CC(C(=O)NCCO)=C[C@H](Oc2c(I)cc(CO)cc2OC)[C@H]1O. The van der Waals surface area contributed by atoms with Crippen molar-refractivity contribution in [1.29, 1.82) is 0 Å². The molecule has 2 aromatic rings. The van der Waals surface area contributed by atoms with Gasteiger partial charge in [0.2, 0.25) is 11.7 Å². The molecule has 206 valence electrons. The fourth-order valence-corrected chi connectivity index (χ4v) is 4.92. The van der Waals surface area contributed by atoms with Crippen LogP contribution in [-0.2, 0) is 27.5 Å². The number of Topliss-reactive ketones (excluding diaryl/α,β-unsaturated/α-hetero) is 1. The number of ketones is 1. The highest BCUT2D eigenvalue weighted by atomic mass is 127. The molecule has 0 saturated heterocycles. The molecule has 3 atom stereocenters. The summed E-state index contributed by atoms with van der Waals surface area (Å²) >= 11 is 2.01. The Bertz CT molecular complexity index is 1170. The maximum Gasteiger partial charge on any atom is 0.290 e. The van der Waals surface area contributed by atoms with Gasteiger partial charge in [0, 0.05) is 37.1 Å². The van der Waals surface area contributed by atoms with Gasteiger partial charge in [0.15, 0.2) is 11.5 Å². The van der Waals surface area contributed by atoms with E-state index in [0.717, 1.165) is 0 Å². The highest BCUT2D eigenvalue weighted by Gasteiger charge is 2.42. The number of halogens is 1. The van der Waals surface area contributed by atoms with E-state index in [9.17, 15) is 24.6 Å². The minimum absolute atomic E-state index is 0.00917. The largest absolute Gasteiger partial charge is 0.493 e. The van der Waals surface area contributed by atoms with Gasteiger partial charge in [0.1, 0.15) is 12.2 Å². The number of aliphatic hydroxyl groups is 3. The molecule has 0 bridgehead atoms. The first kappa shape index (κ1) is 29.6. The van der Waals surface area contributed by atoms with Crippen LogP contribution in [0.5, 0.6) is 11.5 Å². The monoisotopic (exact) mass is 642 g/mol. The van der Waals surface area contributed by atoms with Crippen molar-refractivity contribution < 1.29 is 43.6 Å². The van der Waals surface area contributed by atoms with Crippen LogP contribution in [0, 0.1) is 3.57 Å². The molecule has 0 aliphatic heterocycles. The van der Waals surface area contributed by atoms with Gasteiger partial charge in [0.05, 0.1) is 42.5 Å². The van der Waals surface area contributed by atoms with Crippen LogP contribution in [0.15, 0.2) is 46.8 Å². The van der Waals surface area contributed by atoms with Gasteiger partial charge in [-0.25, -0.2) is 0 Å². The number of aliphatic hydroxyl groups excluding tert-OH is 3. The van der Waals surface area contributed by atoms with Crippen molar-refractivity contribution in [2.24, 2.45) is 0 Å². The smallest absolute Gasteiger partial charge is 0.290 e. The predicted octanol–water partition coefficient (Wildman–Crippen LogP) is 1.31. The second-order valence-electron chi connectivity index (χ2n) is 8.62. The molecule has 3 rings (SSSR count). The Kier molecular flexibility index (Phi) is 10.7. The minimum Gasteiger partial charge on any atom is -0.493 e. The number of amides is 2. The van der Waals surface area contributed by atoms with Crippen LogP contribution < -0.4 is 14.8 Å². The third-order valence-corrected chi connectivity index (χ3v) is 6.90. The van der Waals surface area contributed by atoms with Crippen LogP contribution in [0.3, 0.4) is 0 Å². The Hall–Kier alpha value is -2.94. The molecule has 1 aromatic heterocycles. The number of rotatable bonds is 12. The number of carbonyl (C=O) groups is 3. The molecule has 0 spiro atoms. The van der Waals surface area contributed by atoms with Crippen LogP contribution in [0.1, 0.15) is 30.9 Å².